The molecule has 0 fully saturated rings. The maximum Gasteiger partial charge on any atom is 0.314 e. The van der Waals surface area contributed by atoms with Crippen LogP contribution < -0.4 is 0 Å². The largest absolute Gasteiger partial charge is 0.508 e. The molecule has 0 spiro atoms. The number of carbonyl (C=O) groups is 1. The Morgan fingerprint density at radius 2 is 2.00 bits per heavy atom. The third kappa shape index (κ3) is 1.65. The van der Waals surface area contributed by atoms with Gasteiger partial charge in [-0.3, -0.25) is 4.79 Å². The zero-order valence-corrected chi connectivity index (χ0v) is 9.84. The van der Waals surface area contributed by atoms with Crippen LogP contribution in [-0.2, 0) is 10.2 Å². The summed E-state index contributed by atoms with van der Waals surface area (Å²) in [6.45, 7) is 3.36. The summed E-state index contributed by atoms with van der Waals surface area (Å²) in [5, 5.41) is 19.4. The Kier molecular flexibility index (Phi) is 2.39. The van der Waals surface area contributed by atoms with E-state index in [0.717, 1.165) is 15.0 Å². The van der Waals surface area contributed by atoms with E-state index < -0.39 is 11.4 Å². The molecule has 0 saturated heterocycles. The molecule has 1 aromatic heterocycles. The van der Waals surface area contributed by atoms with Crippen molar-refractivity contribution in [2.45, 2.75) is 19.3 Å². The molecule has 2 aromatic rings. The van der Waals surface area contributed by atoms with E-state index in [1.54, 1.807) is 32.0 Å². The predicted octanol–water partition coefficient (Wildman–Crippen LogP) is 2.97. The molecule has 0 aliphatic rings. The molecule has 0 atom stereocenters. The summed E-state index contributed by atoms with van der Waals surface area (Å²) in [6, 6.07) is 6.92. The van der Waals surface area contributed by atoms with Crippen molar-refractivity contribution in [1.82, 2.24) is 0 Å². The third-order valence-corrected chi connectivity index (χ3v) is 4.08. The third-order valence-electron chi connectivity index (χ3n) is 2.65. The fourth-order valence-electron chi connectivity index (χ4n) is 1.43. The average molecular weight is 236 g/mol. The van der Waals surface area contributed by atoms with Crippen LogP contribution >= 0.6 is 11.3 Å². The van der Waals surface area contributed by atoms with Gasteiger partial charge in [-0.2, -0.15) is 0 Å². The number of carboxylic acids is 1. The topological polar surface area (TPSA) is 57.5 Å². The van der Waals surface area contributed by atoms with E-state index in [9.17, 15) is 9.90 Å². The van der Waals surface area contributed by atoms with Gasteiger partial charge < -0.3 is 10.2 Å². The van der Waals surface area contributed by atoms with Crippen LogP contribution in [0.5, 0.6) is 5.75 Å². The van der Waals surface area contributed by atoms with Gasteiger partial charge in [0.25, 0.3) is 0 Å². The lowest BCUT2D eigenvalue weighted by Crippen LogP contribution is -2.27. The van der Waals surface area contributed by atoms with Crippen LogP contribution in [0.1, 0.15) is 18.7 Å². The molecular formula is C12H12O3S. The molecule has 0 bridgehead atoms. The van der Waals surface area contributed by atoms with Gasteiger partial charge in [0.2, 0.25) is 0 Å². The van der Waals surface area contributed by atoms with Crippen molar-refractivity contribution in [2.75, 3.05) is 0 Å². The van der Waals surface area contributed by atoms with Crippen LogP contribution in [0.25, 0.3) is 10.1 Å². The second-order valence-electron chi connectivity index (χ2n) is 4.26. The molecule has 84 valence electrons. The Morgan fingerprint density at radius 1 is 1.31 bits per heavy atom. The quantitative estimate of drug-likeness (QED) is 0.842. The Hall–Kier alpha value is -1.55. The van der Waals surface area contributed by atoms with Crippen molar-refractivity contribution >= 4 is 27.4 Å². The number of phenols is 1. The van der Waals surface area contributed by atoms with Crippen molar-refractivity contribution < 1.29 is 15.0 Å². The fraction of sp³-hybridized carbons (Fsp3) is 0.250. The van der Waals surface area contributed by atoms with Crippen molar-refractivity contribution in [2.24, 2.45) is 0 Å². The van der Waals surface area contributed by atoms with Gasteiger partial charge in [0.1, 0.15) is 5.75 Å². The summed E-state index contributed by atoms with van der Waals surface area (Å²) in [5.41, 5.74) is -0.890. The minimum Gasteiger partial charge on any atom is -0.508 e. The van der Waals surface area contributed by atoms with E-state index in [1.807, 2.05) is 6.07 Å². The molecule has 16 heavy (non-hydrogen) atoms. The van der Waals surface area contributed by atoms with E-state index in [2.05, 4.69) is 0 Å². The van der Waals surface area contributed by atoms with Gasteiger partial charge in [-0.25, -0.2) is 0 Å². The number of thiophene rings is 1. The van der Waals surface area contributed by atoms with Gasteiger partial charge in [-0.1, -0.05) is 0 Å². The summed E-state index contributed by atoms with van der Waals surface area (Å²) in [5.74, 6) is -0.641. The van der Waals surface area contributed by atoms with Crippen LogP contribution in [0.15, 0.2) is 24.3 Å². The second-order valence-corrected chi connectivity index (χ2v) is 5.35. The first-order valence-electron chi connectivity index (χ1n) is 4.87. The normalized spacial score (nSPS) is 11.9. The highest BCUT2D eigenvalue weighted by atomic mass is 32.1. The maximum absolute atomic E-state index is 11.1. The highest BCUT2D eigenvalue weighted by molar-refractivity contribution is 7.19. The summed E-state index contributed by atoms with van der Waals surface area (Å²) < 4.78 is 0.907. The average Bonchev–Trinajstić information content (AvgIpc) is 2.60. The Morgan fingerprint density at radius 3 is 2.62 bits per heavy atom. The number of rotatable bonds is 2. The number of fused-ring (bicyclic) bond motifs is 1. The first kappa shape index (κ1) is 11.0. The van der Waals surface area contributed by atoms with Crippen molar-refractivity contribution in [3.63, 3.8) is 0 Å². The highest BCUT2D eigenvalue weighted by Gasteiger charge is 2.31. The molecule has 0 aliphatic carbocycles. The molecule has 2 rings (SSSR count). The van der Waals surface area contributed by atoms with Crippen LogP contribution in [0.3, 0.4) is 0 Å². The lowest BCUT2D eigenvalue weighted by atomic mass is 9.91. The molecule has 4 heteroatoms. The minimum absolute atomic E-state index is 0.203. The first-order chi connectivity index (χ1) is 7.41. The lowest BCUT2D eigenvalue weighted by Gasteiger charge is -2.16. The molecular weight excluding hydrogens is 224 g/mol. The van der Waals surface area contributed by atoms with E-state index in [4.69, 9.17) is 5.11 Å². The number of hydrogen-bond donors (Lipinski definition) is 2. The molecule has 0 amide bonds. The molecule has 2 N–H and O–H groups in total. The number of aliphatic carboxylic acids is 1. The van der Waals surface area contributed by atoms with Crippen molar-refractivity contribution in [3.05, 3.63) is 29.1 Å². The van der Waals surface area contributed by atoms with Gasteiger partial charge in [-0.15, -0.1) is 11.3 Å². The smallest absolute Gasteiger partial charge is 0.314 e. The minimum atomic E-state index is -0.890. The molecule has 1 aromatic carbocycles. The summed E-state index contributed by atoms with van der Waals surface area (Å²) in [7, 11) is 0. The zero-order chi connectivity index (χ0) is 11.9. The molecule has 0 aliphatic heterocycles. The monoisotopic (exact) mass is 236 g/mol. The number of aromatic hydroxyl groups is 1. The summed E-state index contributed by atoms with van der Waals surface area (Å²) >= 11 is 1.41. The summed E-state index contributed by atoms with van der Waals surface area (Å²) in [6.07, 6.45) is 0. The van der Waals surface area contributed by atoms with Gasteiger partial charge in [0.05, 0.1) is 5.41 Å². The van der Waals surface area contributed by atoms with Gasteiger partial charge in [0.15, 0.2) is 0 Å². The molecule has 0 saturated carbocycles. The standard InChI is InChI=1S/C12H12O3S/c1-12(2,11(14)15)10-5-7-3-4-8(13)6-9(7)16-10/h3-6,13H,1-2H3,(H,14,15). The second kappa shape index (κ2) is 3.49. The SMILES string of the molecule is CC(C)(C(=O)O)c1cc2ccc(O)cc2s1. The Balaban J connectivity index is 2.59. The van der Waals surface area contributed by atoms with Crippen LogP contribution in [0.2, 0.25) is 0 Å². The predicted molar refractivity (Wildman–Crippen MR) is 64.2 cm³/mol. The number of carboxylic acid groups (broad SMARTS) is 1. The van der Waals surface area contributed by atoms with Crippen LogP contribution in [0.4, 0.5) is 0 Å². The molecule has 1 heterocycles. The molecule has 0 unspecified atom stereocenters. The van der Waals surface area contributed by atoms with Gasteiger partial charge in [0, 0.05) is 9.58 Å². The molecule has 3 nitrogen and oxygen atoms in total. The Labute approximate surface area is 97.0 Å². The van der Waals surface area contributed by atoms with E-state index in [1.165, 1.54) is 11.3 Å². The van der Waals surface area contributed by atoms with E-state index >= 15 is 0 Å². The molecule has 0 radical (unpaired) electrons. The van der Waals surface area contributed by atoms with E-state index in [0.29, 0.717) is 0 Å². The first-order valence-corrected chi connectivity index (χ1v) is 5.69. The van der Waals surface area contributed by atoms with E-state index in [-0.39, 0.29) is 5.75 Å². The zero-order valence-electron chi connectivity index (χ0n) is 9.02. The van der Waals surface area contributed by atoms with Crippen LogP contribution in [-0.4, -0.2) is 16.2 Å². The Bertz CT molecular complexity index is 554. The van der Waals surface area contributed by atoms with Crippen molar-refractivity contribution in [3.8, 4) is 5.75 Å². The van der Waals surface area contributed by atoms with Gasteiger partial charge in [-0.05, 0) is 43.5 Å². The van der Waals surface area contributed by atoms with Gasteiger partial charge >= 0.3 is 5.97 Å². The highest BCUT2D eigenvalue weighted by Crippen LogP contribution is 2.36. The fourth-order valence-corrected chi connectivity index (χ4v) is 2.62. The number of benzene rings is 1. The summed E-state index contributed by atoms with van der Waals surface area (Å²) in [4.78, 5) is 11.9. The van der Waals surface area contributed by atoms with Crippen LogP contribution in [0, 0.1) is 0 Å². The van der Waals surface area contributed by atoms with Crippen molar-refractivity contribution in [1.29, 1.82) is 0 Å². The number of hydrogen-bond acceptors (Lipinski definition) is 3. The number of phenolic OH excluding ortho intramolecular Hbond substituents is 1. The lowest BCUT2D eigenvalue weighted by molar-refractivity contribution is -0.142. The maximum atomic E-state index is 11.1.